The molecule has 0 unspecified atom stereocenters. The number of amides is 1. The third-order valence-corrected chi connectivity index (χ3v) is 5.71. The summed E-state index contributed by atoms with van der Waals surface area (Å²) in [5, 5.41) is 2.74. The second-order valence-electron chi connectivity index (χ2n) is 7.23. The monoisotopic (exact) mass is 493 g/mol. The number of esters is 1. The molecule has 8 heteroatoms. The number of nitrogens with one attached hydrogen (secondary N) is 1. The quantitative estimate of drug-likeness (QED) is 0.222. The van der Waals surface area contributed by atoms with Gasteiger partial charge in [-0.1, -0.05) is 30.3 Å². The fraction of sp³-hybridized carbons (Fsp3) is 0.222. The molecule has 0 heterocycles. The van der Waals surface area contributed by atoms with Crippen molar-refractivity contribution >= 4 is 35.1 Å². The lowest BCUT2D eigenvalue weighted by Gasteiger charge is -2.13. The minimum Gasteiger partial charge on any atom is -0.490 e. The van der Waals surface area contributed by atoms with Gasteiger partial charge in [-0.15, -0.1) is 11.8 Å². The van der Waals surface area contributed by atoms with Crippen LogP contribution in [-0.2, 0) is 9.53 Å². The Hall–Kier alpha value is -3.78. The first-order valence-electron chi connectivity index (χ1n) is 11.1. The highest BCUT2D eigenvalue weighted by Crippen LogP contribution is 2.30. The summed E-state index contributed by atoms with van der Waals surface area (Å²) >= 11 is 1.49. The lowest BCUT2D eigenvalue weighted by Crippen LogP contribution is -2.22. The van der Waals surface area contributed by atoms with Gasteiger partial charge in [0.1, 0.15) is 0 Å². The Kier molecular flexibility index (Phi) is 9.31. The largest absolute Gasteiger partial charge is 0.490 e. The van der Waals surface area contributed by atoms with Gasteiger partial charge < -0.3 is 19.5 Å². The van der Waals surface area contributed by atoms with E-state index >= 15 is 0 Å². The number of hydrogen-bond donors (Lipinski definition) is 1. The predicted molar refractivity (Wildman–Crippen MR) is 136 cm³/mol. The maximum Gasteiger partial charge on any atom is 0.339 e. The van der Waals surface area contributed by atoms with Gasteiger partial charge in [-0.25, -0.2) is 4.79 Å². The van der Waals surface area contributed by atoms with Gasteiger partial charge in [0.15, 0.2) is 23.9 Å². The van der Waals surface area contributed by atoms with E-state index < -0.39 is 18.5 Å². The number of hydrogen-bond acceptors (Lipinski definition) is 7. The number of rotatable bonds is 11. The van der Waals surface area contributed by atoms with E-state index in [-0.39, 0.29) is 16.9 Å². The minimum absolute atomic E-state index is 0.0710. The maximum atomic E-state index is 13.3. The van der Waals surface area contributed by atoms with Crippen LogP contribution in [-0.4, -0.2) is 43.7 Å². The fourth-order valence-corrected chi connectivity index (χ4v) is 3.90. The van der Waals surface area contributed by atoms with Crippen LogP contribution in [0.1, 0.15) is 40.1 Å². The first-order valence-corrected chi connectivity index (χ1v) is 12.3. The van der Waals surface area contributed by atoms with Gasteiger partial charge in [-0.3, -0.25) is 9.59 Å². The van der Waals surface area contributed by atoms with Crippen molar-refractivity contribution in [1.29, 1.82) is 0 Å². The standard InChI is InChI=1S/C27H27NO6S/c1-4-32-22-15-14-18(16-23(22)33-5-2)26(30)19-10-6-7-11-20(19)27(31)34-17-25(29)28-21-12-8-9-13-24(21)35-3/h6-16H,4-5,17H2,1-3H3,(H,28,29). The highest BCUT2D eigenvalue weighted by atomic mass is 32.2. The number of anilines is 1. The zero-order valence-electron chi connectivity index (χ0n) is 19.8. The molecule has 0 saturated carbocycles. The van der Waals surface area contributed by atoms with E-state index in [9.17, 15) is 14.4 Å². The molecule has 0 aliphatic heterocycles. The summed E-state index contributed by atoms with van der Waals surface area (Å²) in [6.07, 6.45) is 1.90. The SMILES string of the molecule is CCOc1ccc(C(=O)c2ccccc2C(=O)OCC(=O)Nc2ccccc2SC)cc1OCC. The summed E-state index contributed by atoms with van der Waals surface area (Å²) < 4.78 is 16.4. The van der Waals surface area contributed by atoms with Gasteiger partial charge in [0.2, 0.25) is 0 Å². The number of ether oxygens (including phenoxy) is 3. The van der Waals surface area contributed by atoms with Crippen LogP contribution < -0.4 is 14.8 Å². The molecule has 3 aromatic carbocycles. The normalized spacial score (nSPS) is 10.4. The molecule has 0 aromatic heterocycles. The van der Waals surface area contributed by atoms with E-state index in [2.05, 4.69) is 5.32 Å². The van der Waals surface area contributed by atoms with E-state index in [1.165, 1.54) is 17.8 Å². The smallest absolute Gasteiger partial charge is 0.339 e. The molecule has 0 atom stereocenters. The average Bonchev–Trinajstić information content (AvgIpc) is 2.88. The van der Waals surface area contributed by atoms with Gasteiger partial charge in [-0.2, -0.15) is 0 Å². The minimum atomic E-state index is -0.766. The second-order valence-corrected chi connectivity index (χ2v) is 8.07. The molecule has 7 nitrogen and oxygen atoms in total. The number of carbonyl (C=O) groups excluding carboxylic acids is 3. The summed E-state index contributed by atoms with van der Waals surface area (Å²) in [5.74, 6) is -0.634. The molecule has 0 spiro atoms. The Morgan fingerprint density at radius 1 is 0.829 bits per heavy atom. The average molecular weight is 494 g/mol. The third-order valence-electron chi connectivity index (χ3n) is 4.91. The topological polar surface area (TPSA) is 90.9 Å². The van der Waals surface area contributed by atoms with E-state index in [1.807, 2.05) is 32.2 Å². The molecule has 1 N–H and O–H groups in total. The zero-order valence-corrected chi connectivity index (χ0v) is 20.6. The van der Waals surface area contributed by atoms with Gasteiger partial charge in [0.05, 0.1) is 24.5 Å². The van der Waals surface area contributed by atoms with Crippen molar-refractivity contribution in [2.45, 2.75) is 18.7 Å². The number of ketones is 1. The molecular weight excluding hydrogens is 466 g/mol. The molecule has 3 aromatic rings. The van der Waals surface area contributed by atoms with Crippen LogP contribution in [0.3, 0.4) is 0 Å². The van der Waals surface area contributed by atoms with E-state index in [0.717, 1.165) is 4.90 Å². The van der Waals surface area contributed by atoms with E-state index in [0.29, 0.717) is 36.0 Å². The van der Waals surface area contributed by atoms with Crippen LogP contribution in [0.5, 0.6) is 11.5 Å². The van der Waals surface area contributed by atoms with Crippen molar-refractivity contribution in [1.82, 2.24) is 0 Å². The molecule has 0 fully saturated rings. The lowest BCUT2D eigenvalue weighted by molar-refractivity contribution is -0.119. The molecule has 0 radical (unpaired) electrons. The van der Waals surface area contributed by atoms with Gasteiger partial charge in [0.25, 0.3) is 5.91 Å². The summed E-state index contributed by atoms with van der Waals surface area (Å²) in [6, 6.07) is 18.5. The molecule has 0 aliphatic rings. The first kappa shape index (κ1) is 25.8. The first-order chi connectivity index (χ1) is 17.0. The Balaban J connectivity index is 1.75. The molecule has 1 amide bonds. The summed E-state index contributed by atoms with van der Waals surface area (Å²) in [4.78, 5) is 39.3. The number of benzene rings is 3. The molecule has 0 saturated heterocycles. The van der Waals surface area contributed by atoms with Gasteiger partial charge in [-0.05, 0) is 56.5 Å². The number of carbonyl (C=O) groups is 3. The summed E-state index contributed by atoms with van der Waals surface area (Å²) in [6.45, 7) is 4.08. The zero-order chi connectivity index (χ0) is 25.2. The molecule has 35 heavy (non-hydrogen) atoms. The van der Waals surface area contributed by atoms with Crippen molar-refractivity contribution in [3.63, 3.8) is 0 Å². The van der Waals surface area contributed by atoms with Crippen molar-refractivity contribution < 1.29 is 28.6 Å². The van der Waals surface area contributed by atoms with E-state index in [1.54, 1.807) is 48.5 Å². The maximum absolute atomic E-state index is 13.3. The molecule has 0 bridgehead atoms. The van der Waals surface area contributed by atoms with Gasteiger partial charge in [0, 0.05) is 16.0 Å². The van der Waals surface area contributed by atoms with Crippen LogP contribution in [0.2, 0.25) is 0 Å². The lowest BCUT2D eigenvalue weighted by atomic mass is 9.98. The molecule has 3 rings (SSSR count). The van der Waals surface area contributed by atoms with Crippen LogP contribution >= 0.6 is 11.8 Å². The Labute approximate surface area is 208 Å². The second kappa shape index (κ2) is 12.6. The summed E-state index contributed by atoms with van der Waals surface area (Å²) in [7, 11) is 0. The molecular formula is C27H27NO6S. The fourth-order valence-electron chi connectivity index (χ4n) is 3.35. The Morgan fingerprint density at radius 3 is 2.20 bits per heavy atom. The number of para-hydroxylation sites is 1. The Bertz CT molecular complexity index is 1210. The van der Waals surface area contributed by atoms with Crippen molar-refractivity contribution in [3.8, 4) is 11.5 Å². The molecule has 182 valence electrons. The van der Waals surface area contributed by atoms with Crippen molar-refractivity contribution in [2.75, 3.05) is 31.4 Å². The van der Waals surface area contributed by atoms with E-state index in [4.69, 9.17) is 14.2 Å². The van der Waals surface area contributed by atoms with Gasteiger partial charge >= 0.3 is 5.97 Å². The summed E-state index contributed by atoms with van der Waals surface area (Å²) in [5.41, 5.74) is 1.21. The highest BCUT2D eigenvalue weighted by molar-refractivity contribution is 7.98. The number of thioether (sulfide) groups is 1. The van der Waals surface area contributed by atoms with Crippen LogP contribution in [0, 0.1) is 0 Å². The Morgan fingerprint density at radius 2 is 1.49 bits per heavy atom. The third kappa shape index (κ3) is 6.64. The van der Waals surface area contributed by atoms with Crippen LogP contribution in [0.15, 0.2) is 71.6 Å². The van der Waals surface area contributed by atoms with Crippen molar-refractivity contribution in [3.05, 3.63) is 83.4 Å². The molecule has 0 aliphatic carbocycles. The van der Waals surface area contributed by atoms with Crippen molar-refractivity contribution in [2.24, 2.45) is 0 Å². The van der Waals surface area contributed by atoms with Crippen LogP contribution in [0.4, 0.5) is 5.69 Å². The van der Waals surface area contributed by atoms with Crippen LogP contribution in [0.25, 0.3) is 0 Å². The predicted octanol–water partition coefficient (Wildman–Crippen LogP) is 5.23. The highest BCUT2D eigenvalue weighted by Gasteiger charge is 2.21.